The molecule has 5 heteroatoms. The van der Waals surface area contributed by atoms with Gasteiger partial charge in [0.25, 0.3) is 0 Å². The van der Waals surface area contributed by atoms with Crippen molar-refractivity contribution in [1.29, 1.82) is 0 Å². The molecule has 4 nitrogen and oxygen atoms in total. The van der Waals surface area contributed by atoms with E-state index in [-0.39, 0.29) is 22.4 Å². The fraction of sp³-hybridized carbons (Fsp3) is 0. The Morgan fingerprint density at radius 3 is 2.58 bits per heavy atom. The predicted octanol–water partition coefficient (Wildman–Crippen LogP) is 0.661. The van der Waals surface area contributed by atoms with Crippen LogP contribution in [0.2, 0.25) is 0 Å². The molecule has 1 aliphatic rings. The highest BCUT2D eigenvalue weighted by atomic mass is 32.1. The number of rotatable bonds is 0. The number of anilines is 1. The van der Waals surface area contributed by atoms with Crippen molar-refractivity contribution in [1.82, 2.24) is 4.98 Å². The Balaban J connectivity index is 2.68. The van der Waals surface area contributed by atoms with Crippen LogP contribution in [-0.4, -0.2) is 16.6 Å². The van der Waals surface area contributed by atoms with Crippen LogP contribution < -0.4 is 5.73 Å². The zero-order valence-corrected chi connectivity index (χ0v) is 6.72. The molecular formula is C7H4N2O2S. The van der Waals surface area contributed by atoms with Gasteiger partial charge >= 0.3 is 0 Å². The quantitative estimate of drug-likeness (QED) is 0.636. The second-order valence-corrected chi connectivity index (χ2v) is 3.32. The number of nitrogens with two attached hydrogens (primary N) is 1. The third-order valence-electron chi connectivity index (χ3n) is 1.49. The lowest BCUT2D eigenvalue weighted by Crippen LogP contribution is -2.08. The van der Waals surface area contributed by atoms with Gasteiger partial charge in [-0.3, -0.25) is 9.59 Å². The number of aromatic nitrogens is 1. The molecule has 0 spiro atoms. The van der Waals surface area contributed by atoms with E-state index in [9.17, 15) is 9.59 Å². The summed E-state index contributed by atoms with van der Waals surface area (Å²) in [7, 11) is 0. The highest BCUT2D eigenvalue weighted by Crippen LogP contribution is 2.24. The van der Waals surface area contributed by atoms with Crippen LogP contribution in [0.3, 0.4) is 0 Å². The van der Waals surface area contributed by atoms with E-state index in [4.69, 9.17) is 5.73 Å². The topological polar surface area (TPSA) is 73.0 Å². The summed E-state index contributed by atoms with van der Waals surface area (Å²) in [6, 6.07) is 0. The molecule has 0 aromatic carbocycles. The van der Waals surface area contributed by atoms with Crippen LogP contribution in [0.4, 0.5) is 5.13 Å². The van der Waals surface area contributed by atoms with Crippen LogP contribution in [0.5, 0.6) is 0 Å². The maximum Gasteiger partial charge on any atom is 0.206 e. The number of fused-ring (bicyclic) bond motifs is 1. The number of hydrogen-bond acceptors (Lipinski definition) is 5. The van der Waals surface area contributed by atoms with Crippen molar-refractivity contribution in [2.75, 3.05) is 5.73 Å². The van der Waals surface area contributed by atoms with Crippen LogP contribution in [0.25, 0.3) is 0 Å². The molecule has 1 aliphatic carbocycles. The Hall–Kier alpha value is -1.49. The molecule has 0 saturated heterocycles. The summed E-state index contributed by atoms with van der Waals surface area (Å²) < 4.78 is 0. The first-order valence-electron chi connectivity index (χ1n) is 3.21. The van der Waals surface area contributed by atoms with Gasteiger partial charge in [-0.15, -0.1) is 0 Å². The molecule has 0 unspecified atom stereocenters. The second kappa shape index (κ2) is 2.25. The number of thiazole rings is 1. The zero-order chi connectivity index (χ0) is 8.72. The third kappa shape index (κ3) is 0.868. The van der Waals surface area contributed by atoms with Crippen LogP contribution in [0.1, 0.15) is 20.2 Å². The molecule has 0 aliphatic heterocycles. The van der Waals surface area contributed by atoms with Gasteiger partial charge in [0, 0.05) is 0 Å². The van der Waals surface area contributed by atoms with Gasteiger partial charge in [-0.25, -0.2) is 4.98 Å². The number of carbonyl (C=O) groups excluding carboxylic acids is 2. The maximum atomic E-state index is 11.1. The van der Waals surface area contributed by atoms with Gasteiger partial charge < -0.3 is 5.73 Å². The number of ketones is 2. The fourth-order valence-corrected chi connectivity index (χ4v) is 1.73. The van der Waals surface area contributed by atoms with Crippen molar-refractivity contribution < 1.29 is 9.59 Å². The van der Waals surface area contributed by atoms with E-state index in [2.05, 4.69) is 4.98 Å². The van der Waals surface area contributed by atoms with Gasteiger partial charge in [-0.1, -0.05) is 11.3 Å². The van der Waals surface area contributed by atoms with E-state index < -0.39 is 0 Å². The molecular weight excluding hydrogens is 176 g/mol. The molecule has 1 aromatic rings. The molecule has 1 aromatic heterocycles. The highest BCUT2D eigenvalue weighted by Gasteiger charge is 2.23. The van der Waals surface area contributed by atoms with Crippen LogP contribution in [0.15, 0.2) is 12.2 Å². The van der Waals surface area contributed by atoms with Crippen molar-refractivity contribution in [2.45, 2.75) is 0 Å². The molecule has 2 rings (SSSR count). The molecule has 1 heterocycles. The summed E-state index contributed by atoms with van der Waals surface area (Å²) >= 11 is 1.05. The monoisotopic (exact) mass is 180 g/mol. The van der Waals surface area contributed by atoms with Crippen molar-refractivity contribution in [3.63, 3.8) is 0 Å². The Morgan fingerprint density at radius 1 is 1.25 bits per heavy atom. The molecule has 60 valence electrons. The summed E-state index contributed by atoms with van der Waals surface area (Å²) in [5, 5.41) is 0.255. The predicted molar refractivity (Wildman–Crippen MR) is 44.3 cm³/mol. The fourth-order valence-electron chi connectivity index (χ4n) is 0.977. The Morgan fingerprint density at radius 2 is 1.92 bits per heavy atom. The van der Waals surface area contributed by atoms with Crippen LogP contribution in [0, 0.1) is 0 Å². The first-order valence-corrected chi connectivity index (χ1v) is 4.03. The van der Waals surface area contributed by atoms with E-state index >= 15 is 0 Å². The highest BCUT2D eigenvalue weighted by molar-refractivity contribution is 7.17. The first-order chi connectivity index (χ1) is 5.68. The Kier molecular flexibility index (Phi) is 1.34. The summed E-state index contributed by atoms with van der Waals surface area (Å²) in [5.74, 6) is -0.448. The Bertz CT molecular complexity index is 370. The van der Waals surface area contributed by atoms with E-state index in [0.29, 0.717) is 4.88 Å². The van der Waals surface area contributed by atoms with Crippen molar-refractivity contribution in [2.24, 2.45) is 0 Å². The van der Waals surface area contributed by atoms with E-state index in [1.807, 2.05) is 0 Å². The van der Waals surface area contributed by atoms with Gasteiger partial charge in [0.15, 0.2) is 10.9 Å². The van der Waals surface area contributed by atoms with Crippen molar-refractivity contribution >= 4 is 28.0 Å². The summed E-state index contributed by atoms with van der Waals surface area (Å²) in [6.45, 7) is 0. The molecule has 0 saturated carbocycles. The van der Waals surface area contributed by atoms with Crippen molar-refractivity contribution in [3.05, 3.63) is 22.7 Å². The number of nitrogens with zero attached hydrogens (tertiary/aromatic N) is 1. The summed E-state index contributed by atoms with van der Waals surface area (Å²) in [4.78, 5) is 26.3. The van der Waals surface area contributed by atoms with Crippen molar-refractivity contribution in [3.8, 4) is 0 Å². The van der Waals surface area contributed by atoms with E-state index in [1.165, 1.54) is 12.2 Å². The first kappa shape index (κ1) is 7.17. The molecule has 0 bridgehead atoms. The van der Waals surface area contributed by atoms with Crippen LogP contribution in [-0.2, 0) is 0 Å². The molecule has 12 heavy (non-hydrogen) atoms. The van der Waals surface area contributed by atoms with Gasteiger partial charge in [-0.2, -0.15) is 0 Å². The van der Waals surface area contributed by atoms with Crippen LogP contribution >= 0.6 is 11.3 Å². The largest absolute Gasteiger partial charge is 0.375 e. The second-order valence-electron chi connectivity index (χ2n) is 2.29. The lowest BCUT2D eigenvalue weighted by molar-refractivity contribution is 0.0994. The smallest absolute Gasteiger partial charge is 0.206 e. The van der Waals surface area contributed by atoms with E-state index in [1.54, 1.807) is 0 Å². The standard InChI is InChI=1S/C7H4N2O2S/c8-7-9-5-3(10)1-2-4(11)6(5)12-7/h1-2H,(H2,8,9). The van der Waals surface area contributed by atoms with E-state index in [0.717, 1.165) is 11.3 Å². The van der Waals surface area contributed by atoms with Gasteiger partial charge in [0.1, 0.15) is 10.6 Å². The molecule has 0 fully saturated rings. The third-order valence-corrected chi connectivity index (χ3v) is 2.39. The SMILES string of the molecule is Nc1nc2c(s1)C(=O)C=CC2=O. The minimum atomic E-state index is -0.252. The minimum absolute atomic E-state index is 0.185. The van der Waals surface area contributed by atoms with Gasteiger partial charge in [0.2, 0.25) is 5.78 Å². The Labute approximate surface area is 71.7 Å². The number of hydrogen-bond donors (Lipinski definition) is 1. The van der Waals surface area contributed by atoms with Gasteiger partial charge in [-0.05, 0) is 12.2 Å². The average Bonchev–Trinajstić information content (AvgIpc) is 2.41. The lowest BCUT2D eigenvalue weighted by Gasteiger charge is -1.98. The summed E-state index contributed by atoms with van der Waals surface area (Å²) in [5.41, 5.74) is 5.54. The molecule has 0 radical (unpaired) electrons. The number of nitrogen functional groups attached to an aromatic ring is 1. The lowest BCUT2D eigenvalue weighted by atomic mass is 10.1. The summed E-state index contributed by atoms with van der Waals surface area (Å²) in [6.07, 6.45) is 2.45. The average molecular weight is 180 g/mol. The maximum absolute atomic E-state index is 11.1. The van der Waals surface area contributed by atoms with Gasteiger partial charge in [0.05, 0.1) is 0 Å². The molecule has 0 amide bonds. The minimum Gasteiger partial charge on any atom is -0.375 e. The normalized spacial score (nSPS) is 15.0. The zero-order valence-electron chi connectivity index (χ0n) is 5.90. The molecule has 2 N–H and O–H groups in total. The number of allylic oxidation sites excluding steroid dienone is 2. The number of carbonyl (C=O) groups is 2. The molecule has 0 atom stereocenters.